The summed E-state index contributed by atoms with van der Waals surface area (Å²) in [5.41, 5.74) is 7.39. The summed E-state index contributed by atoms with van der Waals surface area (Å²) in [4.78, 5) is 0. The van der Waals surface area contributed by atoms with E-state index in [1.54, 1.807) is 5.57 Å². The van der Waals surface area contributed by atoms with Gasteiger partial charge in [0.1, 0.15) is 0 Å². The lowest BCUT2D eigenvalue weighted by Gasteiger charge is -2.59. The monoisotopic (exact) mass is 417 g/mol. The van der Waals surface area contributed by atoms with Crippen LogP contribution < -0.4 is 5.73 Å². The molecule has 0 aromatic rings. The molecule has 8 atom stereocenters. The van der Waals surface area contributed by atoms with Crippen LogP contribution in [0.25, 0.3) is 0 Å². The largest absolute Gasteiger partial charge is 0.389 e. The van der Waals surface area contributed by atoms with Gasteiger partial charge in [-0.2, -0.15) is 0 Å². The number of rotatable bonds is 4. The van der Waals surface area contributed by atoms with Gasteiger partial charge in [-0.3, -0.25) is 0 Å². The molecule has 0 amide bonds. The fourth-order valence-electron chi connectivity index (χ4n) is 8.54. The zero-order chi connectivity index (χ0) is 21.0. The fourth-order valence-corrected chi connectivity index (χ4v) is 8.54. The Morgan fingerprint density at radius 3 is 2.70 bits per heavy atom. The van der Waals surface area contributed by atoms with Crippen LogP contribution in [0.3, 0.4) is 0 Å². The van der Waals surface area contributed by atoms with Crippen LogP contribution in [-0.2, 0) is 9.47 Å². The SMILES string of the molecule is CC12CCC(OC3CCCCO3)CC1=CCC1C2CCC2(C)C1CCC2(O)CCN. The first-order valence-electron chi connectivity index (χ1n) is 12.8. The quantitative estimate of drug-likeness (QED) is 0.636. The van der Waals surface area contributed by atoms with E-state index in [2.05, 4.69) is 19.9 Å². The van der Waals surface area contributed by atoms with E-state index < -0.39 is 5.60 Å². The van der Waals surface area contributed by atoms with Gasteiger partial charge in [-0.1, -0.05) is 25.5 Å². The molecule has 0 radical (unpaired) electrons. The Hall–Kier alpha value is -0.420. The van der Waals surface area contributed by atoms with Crippen LogP contribution in [-0.4, -0.2) is 36.3 Å². The van der Waals surface area contributed by atoms with Gasteiger partial charge in [0.2, 0.25) is 0 Å². The molecule has 30 heavy (non-hydrogen) atoms. The zero-order valence-electron chi connectivity index (χ0n) is 19.2. The molecule has 4 aliphatic carbocycles. The molecule has 4 nitrogen and oxygen atoms in total. The molecule has 4 heteroatoms. The molecule has 5 aliphatic rings. The highest BCUT2D eigenvalue weighted by Crippen LogP contribution is 2.67. The summed E-state index contributed by atoms with van der Waals surface area (Å²) in [6.45, 7) is 6.39. The van der Waals surface area contributed by atoms with Gasteiger partial charge in [0.15, 0.2) is 6.29 Å². The Bertz CT molecular complexity index is 673. The predicted octanol–water partition coefficient (Wildman–Crippen LogP) is 4.94. The third-order valence-corrected chi connectivity index (χ3v) is 10.4. The van der Waals surface area contributed by atoms with E-state index in [0.29, 0.717) is 24.0 Å². The summed E-state index contributed by atoms with van der Waals surface area (Å²) in [6.07, 6.45) is 16.4. The summed E-state index contributed by atoms with van der Waals surface area (Å²) in [7, 11) is 0. The van der Waals surface area contributed by atoms with E-state index in [1.807, 2.05) is 0 Å². The van der Waals surface area contributed by atoms with Gasteiger partial charge >= 0.3 is 0 Å². The third-order valence-electron chi connectivity index (χ3n) is 10.4. The second-order valence-corrected chi connectivity index (χ2v) is 11.6. The first-order valence-corrected chi connectivity index (χ1v) is 12.8. The van der Waals surface area contributed by atoms with E-state index in [1.165, 1.54) is 38.5 Å². The number of allylic oxidation sites excluding steroid dienone is 1. The van der Waals surface area contributed by atoms with Crippen molar-refractivity contribution >= 4 is 0 Å². The highest BCUT2D eigenvalue weighted by atomic mass is 16.7. The van der Waals surface area contributed by atoms with Crippen molar-refractivity contribution in [1.82, 2.24) is 0 Å². The van der Waals surface area contributed by atoms with E-state index in [0.717, 1.165) is 57.0 Å². The second kappa shape index (κ2) is 7.86. The maximum absolute atomic E-state index is 11.5. The van der Waals surface area contributed by atoms with E-state index in [-0.39, 0.29) is 11.7 Å². The van der Waals surface area contributed by atoms with Crippen molar-refractivity contribution in [2.45, 2.75) is 109 Å². The fraction of sp³-hybridized carbons (Fsp3) is 0.923. The summed E-state index contributed by atoms with van der Waals surface area (Å²) in [5, 5.41) is 11.5. The number of hydrogen-bond donors (Lipinski definition) is 2. The van der Waals surface area contributed by atoms with Crippen molar-refractivity contribution in [2.24, 2.45) is 34.3 Å². The lowest BCUT2D eigenvalue weighted by molar-refractivity contribution is -0.195. The van der Waals surface area contributed by atoms with Gasteiger partial charge < -0.3 is 20.3 Å². The molecule has 5 rings (SSSR count). The Balaban J connectivity index is 1.32. The molecule has 8 unspecified atom stereocenters. The van der Waals surface area contributed by atoms with Crippen molar-refractivity contribution in [3.63, 3.8) is 0 Å². The van der Waals surface area contributed by atoms with Crippen LogP contribution in [0.4, 0.5) is 0 Å². The van der Waals surface area contributed by atoms with Crippen molar-refractivity contribution in [3.8, 4) is 0 Å². The maximum Gasteiger partial charge on any atom is 0.157 e. The molecule has 170 valence electrons. The highest BCUT2D eigenvalue weighted by Gasteiger charge is 2.63. The van der Waals surface area contributed by atoms with Crippen LogP contribution in [0.5, 0.6) is 0 Å². The van der Waals surface area contributed by atoms with Crippen molar-refractivity contribution in [1.29, 1.82) is 0 Å². The first kappa shape index (κ1) is 21.4. The lowest BCUT2D eigenvalue weighted by atomic mass is 9.47. The zero-order valence-corrected chi connectivity index (χ0v) is 19.2. The predicted molar refractivity (Wildman–Crippen MR) is 119 cm³/mol. The van der Waals surface area contributed by atoms with Gasteiger partial charge in [-0.25, -0.2) is 0 Å². The van der Waals surface area contributed by atoms with Crippen LogP contribution in [0.1, 0.15) is 90.9 Å². The van der Waals surface area contributed by atoms with Crippen LogP contribution in [0.2, 0.25) is 0 Å². The van der Waals surface area contributed by atoms with Crippen molar-refractivity contribution < 1.29 is 14.6 Å². The molecule has 4 fully saturated rings. The van der Waals surface area contributed by atoms with Crippen LogP contribution in [0.15, 0.2) is 11.6 Å². The second-order valence-electron chi connectivity index (χ2n) is 11.6. The molecule has 1 saturated heterocycles. The Morgan fingerprint density at radius 2 is 1.93 bits per heavy atom. The van der Waals surface area contributed by atoms with Crippen molar-refractivity contribution in [3.05, 3.63) is 11.6 Å². The van der Waals surface area contributed by atoms with Gasteiger partial charge in [0.25, 0.3) is 0 Å². The average molecular weight is 418 g/mol. The molecular formula is C26H43NO3. The van der Waals surface area contributed by atoms with E-state index in [9.17, 15) is 5.11 Å². The average Bonchev–Trinajstić information content (AvgIpc) is 3.00. The molecule has 0 spiro atoms. The molecule has 0 aromatic heterocycles. The Kier molecular flexibility index (Phi) is 5.62. The van der Waals surface area contributed by atoms with Crippen LogP contribution in [0, 0.1) is 28.6 Å². The van der Waals surface area contributed by atoms with Gasteiger partial charge in [0, 0.05) is 6.61 Å². The van der Waals surface area contributed by atoms with Gasteiger partial charge in [-0.15, -0.1) is 0 Å². The summed E-state index contributed by atoms with van der Waals surface area (Å²) in [5.74, 6) is 2.14. The normalized spacial score (nSPS) is 50.9. The summed E-state index contributed by atoms with van der Waals surface area (Å²) < 4.78 is 12.2. The van der Waals surface area contributed by atoms with Crippen LogP contribution >= 0.6 is 0 Å². The molecule has 1 aliphatic heterocycles. The molecule has 1 heterocycles. The minimum absolute atomic E-state index is 0.0270. The number of hydrogen-bond acceptors (Lipinski definition) is 4. The Labute approximate surface area is 183 Å². The maximum atomic E-state index is 11.5. The minimum atomic E-state index is -0.548. The smallest absolute Gasteiger partial charge is 0.157 e. The third kappa shape index (κ3) is 3.24. The molecule has 3 saturated carbocycles. The van der Waals surface area contributed by atoms with E-state index >= 15 is 0 Å². The highest BCUT2D eigenvalue weighted by molar-refractivity contribution is 5.26. The minimum Gasteiger partial charge on any atom is -0.389 e. The molecule has 0 bridgehead atoms. The first-order chi connectivity index (χ1) is 14.4. The van der Waals surface area contributed by atoms with Gasteiger partial charge in [0.05, 0.1) is 11.7 Å². The molecular weight excluding hydrogens is 374 g/mol. The Morgan fingerprint density at radius 1 is 1.10 bits per heavy atom. The van der Waals surface area contributed by atoms with Gasteiger partial charge in [-0.05, 0) is 112 Å². The molecule has 0 aromatic carbocycles. The number of fused-ring (bicyclic) bond motifs is 5. The standard InChI is InChI=1S/C26H43NO3/c1-24-11-8-19(30-23-5-3-4-16-29-23)17-18(24)6-7-20-21(24)9-12-25(2)22(20)10-13-26(25,28)14-15-27/h6,19-23,28H,3-5,7-17,27H2,1-2H3. The van der Waals surface area contributed by atoms with E-state index in [4.69, 9.17) is 15.2 Å². The summed E-state index contributed by atoms with van der Waals surface area (Å²) >= 11 is 0. The lowest BCUT2D eigenvalue weighted by Crippen LogP contribution is -2.55. The topological polar surface area (TPSA) is 64.7 Å². The summed E-state index contributed by atoms with van der Waals surface area (Å²) in [6, 6.07) is 0. The molecule has 3 N–H and O–H groups in total. The number of aliphatic hydroxyl groups is 1. The number of nitrogens with two attached hydrogens (primary N) is 1. The number of ether oxygens (including phenoxy) is 2. The van der Waals surface area contributed by atoms with Crippen molar-refractivity contribution in [2.75, 3.05) is 13.2 Å².